The van der Waals surface area contributed by atoms with Crippen LogP contribution in [0, 0.1) is 0 Å². The number of aromatic carboxylic acids is 1. The van der Waals surface area contributed by atoms with Crippen LogP contribution in [0.25, 0.3) is 11.3 Å². The van der Waals surface area contributed by atoms with Crippen LogP contribution in [-0.4, -0.2) is 23.3 Å². The number of benzene rings is 1. The number of carbonyl (C=O) groups excluding carboxylic acids is 2. The van der Waals surface area contributed by atoms with Crippen molar-refractivity contribution in [3.63, 3.8) is 0 Å². The molecular formula is C14H11NO5. The Hall–Kier alpha value is -2.89. The van der Waals surface area contributed by atoms with Gasteiger partial charge >= 0.3 is 5.97 Å². The first kappa shape index (κ1) is 13.5. The van der Waals surface area contributed by atoms with Crippen LogP contribution in [-0.2, 0) is 4.79 Å². The average Bonchev–Trinajstić information content (AvgIpc) is 2.86. The number of carboxylic acid groups (broad SMARTS) is 1. The molecule has 0 radical (unpaired) electrons. The fourth-order valence-electron chi connectivity index (χ4n) is 1.78. The van der Waals surface area contributed by atoms with Crippen molar-refractivity contribution < 1.29 is 23.9 Å². The molecule has 1 amide bonds. The van der Waals surface area contributed by atoms with Crippen molar-refractivity contribution in [3.8, 4) is 11.3 Å². The molecule has 0 bridgehead atoms. The Morgan fingerprint density at radius 3 is 2.55 bits per heavy atom. The minimum Gasteiger partial charge on any atom is -0.478 e. The maximum Gasteiger partial charge on any atom is 0.336 e. The van der Waals surface area contributed by atoms with E-state index in [1.165, 1.54) is 31.2 Å². The van der Waals surface area contributed by atoms with Crippen LogP contribution in [0.4, 0.5) is 5.69 Å². The number of anilines is 1. The van der Waals surface area contributed by atoms with Gasteiger partial charge in [-0.25, -0.2) is 4.79 Å². The van der Waals surface area contributed by atoms with E-state index >= 15 is 0 Å². The van der Waals surface area contributed by atoms with E-state index in [0.29, 0.717) is 17.5 Å². The molecule has 0 fully saturated rings. The smallest absolute Gasteiger partial charge is 0.336 e. The number of hydrogen-bond acceptors (Lipinski definition) is 4. The summed E-state index contributed by atoms with van der Waals surface area (Å²) >= 11 is 0. The predicted octanol–water partition coefficient (Wildman–Crippen LogP) is 2.42. The van der Waals surface area contributed by atoms with E-state index in [1.807, 2.05) is 0 Å². The highest BCUT2D eigenvalue weighted by atomic mass is 16.4. The van der Waals surface area contributed by atoms with Crippen molar-refractivity contribution in [1.82, 2.24) is 0 Å². The average molecular weight is 273 g/mol. The Morgan fingerprint density at radius 2 is 2.00 bits per heavy atom. The number of amides is 1. The number of carbonyl (C=O) groups is 3. The molecule has 6 heteroatoms. The van der Waals surface area contributed by atoms with E-state index in [1.54, 1.807) is 6.07 Å². The van der Waals surface area contributed by atoms with E-state index in [0.717, 1.165) is 0 Å². The van der Waals surface area contributed by atoms with Crippen molar-refractivity contribution in [3.05, 3.63) is 41.7 Å². The number of furan rings is 1. The number of hydrogen-bond donors (Lipinski definition) is 2. The molecule has 20 heavy (non-hydrogen) atoms. The van der Waals surface area contributed by atoms with Gasteiger partial charge in [-0.3, -0.25) is 9.59 Å². The Labute approximate surface area is 114 Å². The molecule has 6 nitrogen and oxygen atoms in total. The SMILES string of the molecule is CC(=O)Nc1ccc(-c2ccc(C=O)o2)c(C(=O)O)c1. The standard InChI is InChI=1S/C14H11NO5/c1-8(17)15-9-2-4-11(12(6-9)14(18)19)13-5-3-10(7-16)20-13/h2-7H,1H3,(H,15,17)(H,18,19). The van der Waals surface area contributed by atoms with Gasteiger partial charge in [-0.15, -0.1) is 0 Å². The highest BCUT2D eigenvalue weighted by Crippen LogP contribution is 2.28. The van der Waals surface area contributed by atoms with Gasteiger partial charge < -0.3 is 14.8 Å². The Kier molecular flexibility index (Phi) is 3.65. The maximum absolute atomic E-state index is 11.3. The van der Waals surface area contributed by atoms with Gasteiger partial charge in [-0.1, -0.05) is 0 Å². The van der Waals surface area contributed by atoms with Gasteiger partial charge in [0, 0.05) is 18.2 Å². The fraction of sp³-hybridized carbons (Fsp3) is 0.0714. The highest BCUT2D eigenvalue weighted by molar-refractivity contribution is 5.98. The number of rotatable bonds is 4. The largest absolute Gasteiger partial charge is 0.478 e. The lowest BCUT2D eigenvalue weighted by Crippen LogP contribution is -2.07. The molecule has 0 spiro atoms. The van der Waals surface area contributed by atoms with Gasteiger partial charge in [0.2, 0.25) is 5.91 Å². The molecule has 2 aromatic rings. The second kappa shape index (κ2) is 5.40. The summed E-state index contributed by atoms with van der Waals surface area (Å²) < 4.78 is 5.21. The summed E-state index contributed by atoms with van der Waals surface area (Å²) in [6.45, 7) is 1.33. The lowest BCUT2D eigenvalue weighted by atomic mass is 10.0. The van der Waals surface area contributed by atoms with Crippen LogP contribution in [0.15, 0.2) is 34.7 Å². The third kappa shape index (κ3) is 2.74. The molecule has 1 aromatic carbocycles. The summed E-state index contributed by atoms with van der Waals surface area (Å²) in [6.07, 6.45) is 0.537. The van der Waals surface area contributed by atoms with Gasteiger partial charge in [0.05, 0.1) is 5.56 Å². The first-order valence-electron chi connectivity index (χ1n) is 5.71. The van der Waals surface area contributed by atoms with Crippen molar-refractivity contribution in [2.45, 2.75) is 6.92 Å². The minimum absolute atomic E-state index is 0.0250. The van der Waals surface area contributed by atoms with Crippen LogP contribution >= 0.6 is 0 Å². The van der Waals surface area contributed by atoms with E-state index in [4.69, 9.17) is 4.42 Å². The third-order valence-electron chi connectivity index (χ3n) is 2.58. The molecular weight excluding hydrogens is 262 g/mol. The molecule has 2 rings (SSSR count). The normalized spacial score (nSPS) is 10.1. The van der Waals surface area contributed by atoms with Crippen molar-refractivity contribution >= 4 is 23.9 Å². The highest BCUT2D eigenvalue weighted by Gasteiger charge is 2.16. The fourth-order valence-corrected chi connectivity index (χ4v) is 1.78. The second-order valence-electron chi connectivity index (χ2n) is 4.07. The summed E-state index contributed by atoms with van der Waals surface area (Å²) in [6, 6.07) is 7.38. The van der Waals surface area contributed by atoms with E-state index < -0.39 is 5.97 Å². The van der Waals surface area contributed by atoms with Crippen molar-refractivity contribution in [1.29, 1.82) is 0 Å². The van der Waals surface area contributed by atoms with Gasteiger partial charge in [-0.05, 0) is 30.3 Å². The zero-order valence-corrected chi connectivity index (χ0v) is 10.5. The molecule has 0 aliphatic carbocycles. The molecule has 1 aromatic heterocycles. The van der Waals surface area contributed by atoms with Gasteiger partial charge in [0.15, 0.2) is 12.0 Å². The Balaban J connectivity index is 2.49. The zero-order valence-electron chi connectivity index (χ0n) is 10.5. The second-order valence-corrected chi connectivity index (χ2v) is 4.07. The van der Waals surface area contributed by atoms with Gasteiger partial charge in [0.1, 0.15) is 5.76 Å². The summed E-state index contributed by atoms with van der Waals surface area (Å²) in [7, 11) is 0. The predicted molar refractivity (Wildman–Crippen MR) is 70.8 cm³/mol. The first-order valence-corrected chi connectivity index (χ1v) is 5.71. The molecule has 0 saturated carbocycles. The maximum atomic E-state index is 11.3. The zero-order chi connectivity index (χ0) is 14.7. The third-order valence-corrected chi connectivity index (χ3v) is 2.58. The quantitative estimate of drug-likeness (QED) is 0.834. The summed E-state index contributed by atoms with van der Waals surface area (Å²) in [5.41, 5.74) is 0.684. The van der Waals surface area contributed by atoms with E-state index in [-0.39, 0.29) is 23.0 Å². The molecule has 1 heterocycles. The van der Waals surface area contributed by atoms with E-state index in [2.05, 4.69) is 5.32 Å². The molecule has 0 atom stereocenters. The van der Waals surface area contributed by atoms with Gasteiger partial charge in [0.25, 0.3) is 0 Å². The Morgan fingerprint density at radius 1 is 1.25 bits per heavy atom. The monoisotopic (exact) mass is 273 g/mol. The first-order chi connectivity index (χ1) is 9.51. The lowest BCUT2D eigenvalue weighted by molar-refractivity contribution is -0.114. The topological polar surface area (TPSA) is 96.6 Å². The summed E-state index contributed by atoms with van der Waals surface area (Å²) in [4.78, 5) is 32.8. The van der Waals surface area contributed by atoms with Crippen molar-refractivity contribution in [2.75, 3.05) is 5.32 Å². The molecule has 0 unspecified atom stereocenters. The molecule has 0 saturated heterocycles. The minimum atomic E-state index is -1.16. The number of carboxylic acids is 1. The molecule has 2 N–H and O–H groups in total. The van der Waals surface area contributed by atoms with Crippen LogP contribution in [0.3, 0.4) is 0 Å². The van der Waals surface area contributed by atoms with Crippen LogP contribution < -0.4 is 5.32 Å². The molecule has 102 valence electrons. The van der Waals surface area contributed by atoms with E-state index in [9.17, 15) is 19.5 Å². The van der Waals surface area contributed by atoms with Crippen molar-refractivity contribution in [2.24, 2.45) is 0 Å². The summed E-state index contributed by atoms with van der Waals surface area (Å²) in [5.74, 6) is -1.06. The Bertz CT molecular complexity index is 687. The number of nitrogens with one attached hydrogen (secondary N) is 1. The molecule has 0 aliphatic heterocycles. The number of aldehydes is 1. The van der Waals surface area contributed by atoms with Gasteiger partial charge in [-0.2, -0.15) is 0 Å². The molecule has 0 aliphatic rings. The van der Waals surface area contributed by atoms with Crippen LogP contribution in [0.2, 0.25) is 0 Å². The lowest BCUT2D eigenvalue weighted by Gasteiger charge is -2.07. The van der Waals surface area contributed by atoms with Crippen LogP contribution in [0.1, 0.15) is 27.8 Å². The van der Waals surface area contributed by atoms with Crippen LogP contribution in [0.5, 0.6) is 0 Å². The summed E-state index contributed by atoms with van der Waals surface area (Å²) in [5, 5.41) is 11.7.